The predicted octanol–water partition coefficient (Wildman–Crippen LogP) is 3.20. The third-order valence-corrected chi connectivity index (χ3v) is 5.34. The Bertz CT molecular complexity index is 972. The van der Waals surface area contributed by atoms with Crippen LogP contribution in [0.4, 0.5) is 4.39 Å². The summed E-state index contributed by atoms with van der Waals surface area (Å²) in [5, 5.41) is 0.821. The van der Waals surface area contributed by atoms with E-state index in [9.17, 15) is 12.8 Å². The van der Waals surface area contributed by atoms with Crippen molar-refractivity contribution in [1.29, 1.82) is 0 Å². The molecule has 0 radical (unpaired) electrons. The fourth-order valence-corrected chi connectivity index (χ4v) is 3.73. The van der Waals surface area contributed by atoms with Gasteiger partial charge in [0.15, 0.2) is 0 Å². The van der Waals surface area contributed by atoms with Gasteiger partial charge in [0, 0.05) is 30.9 Å². The topological polar surface area (TPSA) is 64.0 Å². The Kier molecular flexibility index (Phi) is 4.84. The average Bonchev–Trinajstić information content (AvgIpc) is 2.97. The van der Waals surface area contributed by atoms with Crippen LogP contribution in [0.15, 0.2) is 53.7 Å². The van der Waals surface area contributed by atoms with Crippen LogP contribution in [0.1, 0.15) is 6.42 Å². The fraction of sp³-hybridized carbons (Fsp3) is 0.188. The van der Waals surface area contributed by atoms with E-state index in [1.165, 1.54) is 6.07 Å². The number of halogens is 2. The third-order valence-electron chi connectivity index (χ3n) is 3.59. The van der Waals surface area contributed by atoms with Crippen LogP contribution in [-0.2, 0) is 16.6 Å². The lowest BCUT2D eigenvalue weighted by Crippen LogP contribution is -2.25. The van der Waals surface area contributed by atoms with E-state index in [2.05, 4.69) is 9.71 Å². The Balaban J connectivity index is 1.60. The first-order valence-corrected chi connectivity index (χ1v) is 9.18. The number of hydrogen-bond acceptors (Lipinski definition) is 3. The summed E-state index contributed by atoms with van der Waals surface area (Å²) in [5.74, 6) is -0.650. The molecule has 0 spiro atoms. The van der Waals surface area contributed by atoms with Crippen molar-refractivity contribution in [2.24, 2.45) is 0 Å². The van der Waals surface area contributed by atoms with Gasteiger partial charge in [0.05, 0.1) is 9.92 Å². The van der Waals surface area contributed by atoms with Crippen molar-refractivity contribution in [3.63, 3.8) is 0 Å². The molecule has 1 N–H and O–H groups in total. The molecule has 2 aromatic heterocycles. The first-order valence-electron chi connectivity index (χ1n) is 7.32. The first-order chi connectivity index (χ1) is 11.5. The zero-order valence-electron chi connectivity index (χ0n) is 12.6. The molecule has 0 fully saturated rings. The van der Waals surface area contributed by atoms with E-state index in [1.54, 1.807) is 6.20 Å². The molecule has 0 atom stereocenters. The quantitative estimate of drug-likeness (QED) is 0.680. The number of nitrogens with one attached hydrogen (secondary N) is 1. The minimum absolute atomic E-state index is 0.0537. The first kappa shape index (κ1) is 16.9. The molecule has 0 saturated carbocycles. The van der Waals surface area contributed by atoms with Crippen molar-refractivity contribution in [3.05, 3.63) is 59.6 Å². The second kappa shape index (κ2) is 6.88. The molecule has 0 aliphatic rings. The maximum atomic E-state index is 13.1. The van der Waals surface area contributed by atoms with Gasteiger partial charge in [-0.1, -0.05) is 11.6 Å². The van der Waals surface area contributed by atoms with Gasteiger partial charge >= 0.3 is 0 Å². The van der Waals surface area contributed by atoms with Crippen molar-refractivity contribution in [3.8, 4) is 0 Å². The lowest BCUT2D eigenvalue weighted by atomic mass is 10.3. The van der Waals surface area contributed by atoms with E-state index < -0.39 is 15.8 Å². The van der Waals surface area contributed by atoms with Crippen molar-refractivity contribution in [2.75, 3.05) is 6.54 Å². The highest BCUT2D eigenvalue weighted by molar-refractivity contribution is 7.89. The normalized spacial score (nSPS) is 11.9. The highest BCUT2D eigenvalue weighted by Gasteiger charge is 2.15. The zero-order chi connectivity index (χ0) is 17.2. The van der Waals surface area contributed by atoms with Gasteiger partial charge in [-0.25, -0.2) is 22.5 Å². The maximum absolute atomic E-state index is 13.1. The Morgan fingerprint density at radius 2 is 2.08 bits per heavy atom. The van der Waals surface area contributed by atoms with Crippen LogP contribution in [0.25, 0.3) is 11.0 Å². The number of sulfonamides is 1. The number of rotatable bonds is 6. The van der Waals surface area contributed by atoms with E-state index in [1.807, 2.05) is 29.0 Å². The van der Waals surface area contributed by atoms with Gasteiger partial charge in [0.2, 0.25) is 10.0 Å². The summed E-state index contributed by atoms with van der Waals surface area (Å²) < 4.78 is 41.9. The number of aryl methyl sites for hydroxylation is 1. The van der Waals surface area contributed by atoms with Crippen molar-refractivity contribution < 1.29 is 12.8 Å². The second-order valence-corrected chi connectivity index (χ2v) is 7.43. The summed E-state index contributed by atoms with van der Waals surface area (Å²) in [6, 6.07) is 9.13. The van der Waals surface area contributed by atoms with Crippen LogP contribution in [0.3, 0.4) is 0 Å². The number of aromatic nitrogens is 2. The van der Waals surface area contributed by atoms with Gasteiger partial charge in [-0.3, -0.25) is 0 Å². The minimum atomic E-state index is -3.71. The van der Waals surface area contributed by atoms with Crippen LogP contribution in [-0.4, -0.2) is 24.5 Å². The molecular formula is C16H15ClFN3O2S. The van der Waals surface area contributed by atoms with Crippen molar-refractivity contribution in [1.82, 2.24) is 14.3 Å². The number of fused-ring (bicyclic) bond motifs is 1. The standard InChI is InChI=1S/C16H15ClFN3O2S/c17-14-11-13(4-5-15(14)18)24(22,23)20-8-2-9-21-10-6-12-3-1-7-19-16(12)21/h1,3-7,10-11,20H,2,8-9H2. The molecule has 3 rings (SSSR count). The molecule has 5 nitrogen and oxygen atoms in total. The molecule has 8 heteroatoms. The molecule has 0 unspecified atom stereocenters. The maximum Gasteiger partial charge on any atom is 0.240 e. The smallest absolute Gasteiger partial charge is 0.240 e. The van der Waals surface area contributed by atoms with Gasteiger partial charge in [-0.2, -0.15) is 0 Å². The predicted molar refractivity (Wildman–Crippen MR) is 90.9 cm³/mol. The Hall–Kier alpha value is -1.96. The third kappa shape index (κ3) is 3.58. The summed E-state index contributed by atoms with van der Waals surface area (Å²) in [5.41, 5.74) is 0.866. The molecule has 24 heavy (non-hydrogen) atoms. The van der Waals surface area contributed by atoms with Gasteiger partial charge in [0.1, 0.15) is 11.5 Å². The monoisotopic (exact) mass is 367 g/mol. The van der Waals surface area contributed by atoms with Crippen LogP contribution >= 0.6 is 11.6 Å². The summed E-state index contributed by atoms with van der Waals surface area (Å²) in [6.45, 7) is 0.886. The molecule has 0 saturated heterocycles. The SMILES string of the molecule is O=S(=O)(NCCCn1ccc2cccnc21)c1ccc(F)c(Cl)c1. The van der Waals surface area contributed by atoms with Crippen LogP contribution in [0.2, 0.25) is 5.02 Å². The fourth-order valence-electron chi connectivity index (χ4n) is 2.38. The average molecular weight is 368 g/mol. The van der Waals surface area contributed by atoms with Crippen LogP contribution in [0, 0.1) is 5.82 Å². The molecule has 0 aliphatic heterocycles. The number of hydrogen-bond donors (Lipinski definition) is 1. The largest absolute Gasteiger partial charge is 0.332 e. The highest BCUT2D eigenvalue weighted by Crippen LogP contribution is 2.19. The Labute approximate surface area is 144 Å². The van der Waals surface area contributed by atoms with Crippen molar-refractivity contribution in [2.45, 2.75) is 17.9 Å². The van der Waals surface area contributed by atoms with E-state index in [0.717, 1.165) is 23.2 Å². The lowest BCUT2D eigenvalue weighted by molar-refractivity contribution is 0.571. The number of pyridine rings is 1. The van der Waals surface area contributed by atoms with Crippen LogP contribution in [0.5, 0.6) is 0 Å². The van der Waals surface area contributed by atoms with E-state index in [-0.39, 0.29) is 16.5 Å². The molecule has 0 amide bonds. The molecule has 0 bridgehead atoms. The minimum Gasteiger partial charge on any atom is -0.332 e. The van der Waals surface area contributed by atoms with Gasteiger partial charge in [-0.05, 0) is 42.8 Å². The Morgan fingerprint density at radius 1 is 1.25 bits per heavy atom. The summed E-state index contributed by atoms with van der Waals surface area (Å²) in [6.07, 6.45) is 4.24. The summed E-state index contributed by atoms with van der Waals surface area (Å²) in [4.78, 5) is 4.25. The molecule has 2 heterocycles. The molecule has 1 aromatic carbocycles. The number of nitrogens with zero attached hydrogens (tertiary/aromatic N) is 2. The number of benzene rings is 1. The van der Waals surface area contributed by atoms with Crippen LogP contribution < -0.4 is 4.72 Å². The molecular weight excluding hydrogens is 353 g/mol. The molecule has 126 valence electrons. The zero-order valence-corrected chi connectivity index (χ0v) is 14.2. The lowest BCUT2D eigenvalue weighted by Gasteiger charge is -2.08. The summed E-state index contributed by atoms with van der Waals surface area (Å²) in [7, 11) is -3.71. The van der Waals surface area contributed by atoms with E-state index in [4.69, 9.17) is 11.6 Å². The van der Waals surface area contributed by atoms with E-state index >= 15 is 0 Å². The van der Waals surface area contributed by atoms with Gasteiger partial charge < -0.3 is 4.57 Å². The van der Waals surface area contributed by atoms with Gasteiger partial charge in [-0.15, -0.1) is 0 Å². The van der Waals surface area contributed by atoms with Crippen molar-refractivity contribution >= 4 is 32.7 Å². The Morgan fingerprint density at radius 3 is 2.88 bits per heavy atom. The molecule has 0 aliphatic carbocycles. The summed E-state index contributed by atoms with van der Waals surface area (Å²) >= 11 is 5.63. The molecule has 3 aromatic rings. The van der Waals surface area contributed by atoms with E-state index in [0.29, 0.717) is 13.0 Å². The van der Waals surface area contributed by atoms with Gasteiger partial charge in [0.25, 0.3) is 0 Å². The second-order valence-electron chi connectivity index (χ2n) is 5.25. The highest BCUT2D eigenvalue weighted by atomic mass is 35.5.